The average Bonchev–Trinajstić information content (AvgIpc) is 2.53. The predicted octanol–water partition coefficient (Wildman–Crippen LogP) is 4.01. The number of rotatable bonds is 3. The van der Waals surface area contributed by atoms with E-state index in [0.29, 0.717) is 17.9 Å². The van der Waals surface area contributed by atoms with Gasteiger partial charge in [-0.3, -0.25) is 4.79 Å². The van der Waals surface area contributed by atoms with Crippen molar-refractivity contribution in [2.45, 2.75) is 51.1 Å². The fourth-order valence-electron chi connectivity index (χ4n) is 4.49. The third kappa shape index (κ3) is 3.27. The van der Waals surface area contributed by atoms with E-state index >= 15 is 0 Å². The summed E-state index contributed by atoms with van der Waals surface area (Å²) in [5.74, 6) is 1.43. The lowest BCUT2D eigenvalue weighted by Crippen LogP contribution is -2.49. The van der Waals surface area contributed by atoms with Crippen LogP contribution in [0.2, 0.25) is 5.02 Å². The molecule has 3 rings (SSSR count). The summed E-state index contributed by atoms with van der Waals surface area (Å²) in [6, 6.07) is 8.08. The molecule has 2 saturated carbocycles. The molecule has 2 fully saturated rings. The number of carbonyl (C=O) groups is 1. The minimum absolute atomic E-state index is 0.00774. The van der Waals surface area contributed by atoms with Crippen molar-refractivity contribution in [3.05, 3.63) is 34.9 Å². The van der Waals surface area contributed by atoms with E-state index in [4.69, 9.17) is 17.3 Å². The lowest BCUT2D eigenvalue weighted by Gasteiger charge is -2.44. The second-order valence-electron chi connectivity index (χ2n) is 7.34. The van der Waals surface area contributed by atoms with Gasteiger partial charge in [0, 0.05) is 24.0 Å². The second-order valence-corrected chi connectivity index (χ2v) is 7.75. The van der Waals surface area contributed by atoms with Gasteiger partial charge in [-0.2, -0.15) is 0 Å². The highest BCUT2D eigenvalue weighted by Crippen LogP contribution is 2.43. The summed E-state index contributed by atoms with van der Waals surface area (Å²) in [4.78, 5) is 14.9. The van der Waals surface area contributed by atoms with Gasteiger partial charge in [-0.15, -0.1) is 0 Å². The van der Waals surface area contributed by atoms with Gasteiger partial charge in [-0.05, 0) is 56.1 Å². The third-order valence-corrected chi connectivity index (χ3v) is 6.39. The number of fused-ring (bicyclic) bond motifs is 2. The number of carbonyl (C=O) groups excluding carboxylic acids is 1. The Balaban J connectivity index is 1.71. The summed E-state index contributed by atoms with van der Waals surface area (Å²) in [6.45, 7) is 2.05. The molecule has 4 heteroatoms. The molecule has 1 aromatic carbocycles. The standard InChI is InChI=1S/C19H27ClN2O/c1-12(16-8-3-4-9-17(16)20)22(2)19(23)15-10-13-6-5-7-14(11-15)18(13)21/h3-4,8-9,12-15,18H,5-7,10-11,21H2,1-2H3. The molecule has 0 saturated heterocycles. The van der Waals surface area contributed by atoms with Gasteiger partial charge in [0.25, 0.3) is 0 Å². The zero-order valence-corrected chi connectivity index (χ0v) is 14.8. The molecule has 0 radical (unpaired) electrons. The number of amides is 1. The van der Waals surface area contributed by atoms with Gasteiger partial charge >= 0.3 is 0 Å². The molecule has 1 amide bonds. The lowest BCUT2D eigenvalue weighted by molar-refractivity contribution is -0.139. The molecule has 0 aromatic heterocycles. The monoisotopic (exact) mass is 334 g/mol. The molecular formula is C19H27ClN2O. The van der Waals surface area contributed by atoms with Crippen LogP contribution in [0.5, 0.6) is 0 Å². The smallest absolute Gasteiger partial charge is 0.225 e. The molecule has 3 unspecified atom stereocenters. The first-order valence-electron chi connectivity index (χ1n) is 8.75. The Morgan fingerprint density at radius 2 is 1.87 bits per heavy atom. The molecule has 3 nitrogen and oxygen atoms in total. The van der Waals surface area contributed by atoms with E-state index in [2.05, 4.69) is 6.92 Å². The lowest BCUT2D eigenvalue weighted by atomic mass is 9.65. The van der Waals surface area contributed by atoms with Gasteiger partial charge < -0.3 is 10.6 Å². The van der Waals surface area contributed by atoms with Crippen molar-refractivity contribution < 1.29 is 4.79 Å². The maximum absolute atomic E-state index is 13.0. The van der Waals surface area contributed by atoms with Crippen LogP contribution in [0.4, 0.5) is 0 Å². The van der Waals surface area contributed by atoms with Crippen molar-refractivity contribution in [3.8, 4) is 0 Å². The van der Waals surface area contributed by atoms with Gasteiger partial charge in [0.2, 0.25) is 5.91 Å². The second kappa shape index (κ2) is 6.82. The Labute approximate surface area is 144 Å². The van der Waals surface area contributed by atoms with Crippen LogP contribution in [0.25, 0.3) is 0 Å². The molecule has 126 valence electrons. The van der Waals surface area contributed by atoms with Gasteiger partial charge in [0.1, 0.15) is 0 Å². The summed E-state index contributed by atoms with van der Waals surface area (Å²) < 4.78 is 0. The number of halogens is 1. The number of benzene rings is 1. The topological polar surface area (TPSA) is 46.3 Å². The molecule has 2 aliphatic carbocycles. The van der Waals surface area contributed by atoms with Crippen molar-refractivity contribution in [1.82, 2.24) is 4.90 Å². The van der Waals surface area contributed by atoms with E-state index in [-0.39, 0.29) is 17.9 Å². The van der Waals surface area contributed by atoms with Crippen molar-refractivity contribution in [1.29, 1.82) is 0 Å². The van der Waals surface area contributed by atoms with E-state index in [1.807, 2.05) is 36.2 Å². The molecule has 3 atom stereocenters. The molecule has 0 aliphatic heterocycles. The minimum atomic E-state index is -0.00774. The van der Waals surface area contributed by atoms with Gasteiger partial charge in [-0.1, -0.05) is 36.2 Å². The number of hydrogen-bond donors (Lipinski definition) is 1. The van der Waals surface area contributed by atoms with E-state index in [1.165, 1.54) is 19.3 Å². The van der Waals surface area contributed by atoms with Crippen LogP contribution < -0.4 is 5.73 Å². The number of hydrogen-bond acceptors (Lipinski definition) is 2. The minimum Gasteiger partial charge on any atom is -0.339 e. The quantitative estimate of drug-likeness (QED) is 0.907. The molecule has 23 heavy (non-hydrogen) atoms. The molecule has 0 heterocycles. The average molecular weight is 335 g/mol. The highest BCUT2D eigenvalue weighted by atomic mass is 35.5. The highest BCUT2D eigenvalue weighted by molar-refractivity contribution is 6.31. The normalized spacial score (nSPS) is 31.5. The number of nitrogens with zero attached hydrogens (tertiary/aromatic N) is 1. The SMILES string of the molecule is CC(c1ccccc1Cl)N(C)C(=O)C1CC2CCCC(C1)C2N. The maximum Gasteiger partial charge on any atom is 0.225 e. The van der Waals surface area contributed by atoms with E-state index < -0.39 is 0 Å². The fourth-order valence-corrected chi connectivity index (χ4v) is 4.79. The zero-order chi connectivity index (χ0) is 16.6. The summed E-state index contributed by atoms with van der Waals surface area (Å²) in [7, 11) is 1.90. The van der Waals surface area contributed by atoms with E-state index in [1.54, 1.807) is 0 Å². The van der Waals surface area contributed by atoms with Crippen LogP contribution >= 0.6 is 11.6 Å². The van der Waals surface area contributed by atoms with Crippen molar-refractivity contribution in [2.24, 2.45) is 23.5 Å². The van der Waals surface area contributed by atoms with Crippen molar-refractivity contribution in [2.75, 3.05) is 7.05 Å². The van der Waals surface area contributed by atoms with Gasteiger partial charge in [0.05, 0.1) is 6.04 Å². The Kier molecular flexibility index (Phi) is 4.98. The van der Waals surface area contributed by atoms with Gasteiger partial charge in [-0.25, -0.2) is 0 Å². The summed E-state index contributed by atoms with van der Waals surface area (Å²) >= 11 is 6.30. The molecule has 2 bridgehead atoms. The largest absolute Gasteiger partial charge is 0.339 e. The van der Waals surface area contributed by atoms with Crippen LogP contribution in [0.3, 0.4) is 0 Å². The van der Waals surface area contributed by atoms with Crippen LogP contribution in [-0.4, -0.2) is 23.9 Å². The van der Waals surface area contributed by atoms with Crippen LogP contribution in [-0.2, 0) is 4.79 Å². The molecular weight excluding hydrogens is 308 g/mol. The molecule has 2 aliphatic rings. The van der Waals surface area contributed by atoms with Gasteiger partial charge in [0.15, 0.2) is 0 Å². The Morgan fingerprint density at radius 3 is 2.48 bits per heavy atom. The summed E-state index contributed by atoms with van der Waals surface area (Å²) in [6.07, 6.45) is 5.55. The Morgan fingerprint density at radius 1 is 1.26 bits per heavy atom. The summed E-state index contributed by atoms with van der Waals surface area (Å²) in [5.41, 5.74) is 7.36. The first kappa shape index (κ1) is 16.8. The molecule has 2 N–H and O–H groups in total. The van der Waals surface area contributed by atoms with Crippen LogP contribution in [0, 0.1) is 17.8 Å². The van der Waals surface area contributed by atoms with Crippen molar-refractivity contribution >= 4 is 17.5 Å². The van der Waals surface area contributed by atoms with E-state index in [0.717, 1.165) is 23.4 Å². The fraction of sp³-hybridized carbons (Fsp3) is 0.632. The Bertz CT molecular complexity index is 562. The number of nitrogens with two attached hydrogens (primary N) is 1. The van der Waals surface area contributed by atoms with Crippen LogP contribution in [0.1, 0.15) is 50.6 Å². The first-order valence-corrected chi connectivity index (χ1v) is 9.13. The first-order chi connectivity index (χ1) is 11.0. The maximum atomic E-state index is 13.0. The molecule has 0 spiro atoms. The third-order valence-electron chi connectivity index (χ3n) is 6.05. The zero-order valence-electron chi connectivity index (χ0n) is 14.0. The van der Waals surface area contributed by atoms with E-state index in [9.17, 15) is 4.79 Å². The highest BCUT2D eigenvalue weighted by Gasteiger charge is 2.41. The van der Waals surface area contributed by atoms with Crippen molar-refractivity contribution in [3.63, 3.8) is 0 Å². The Hall–Kier alpha value is -1.06. The predicted molar refractivity (Wildman–Crippen MR) is 94.2 cm³/mol. The molecule has 1 aromatic rings. The summed E-state index contributed by atoms with van der Waals surface area (Å²) in [5, 5.41) is 0.724. The van der Waals surface area contributed by atoms with Crippen LogP contribution in [0.15, 0.2) is 24.3 Å².